The first kappa shape index (κ1) is 15.3. The third-order valence-electron chi connectivity index (χ3n) is 1.73. The average Bonchev–Trinajstić information content (AvgIpc) is 2.25. The zero-order valence-electron chi connectivity index (χ0n) is 9.87. The Labute approximate surface area is 96.4 Å². The molecule has 0 saturated heterocycles. The molecule has 1 amide bonds. The van der Waals surface area contributed by atoms with Crippen molar-refractivity contribution in [3.05, 3.63) is 0 Å². The first-order valence-electron chi connectivity index (χ1n) is 5.43. The maximum atomic E-state index is 10.3. The van der Waals surface area contributed by atoms with Gasteiger partial charge in [0.25, 0.3) is 0 Å². The molecule has 0 bridgehead atoms. The van der Waals surface area contributed by atoms with Gasteiger partial charge in [0.2, 0.25) is 5.91 Å². The molecule has 0 aromatic heterocycles. The molecule has 96 valence electrons. The highest BCUT2D eigenvalue weighted by Crippen LogP contribution is 1.83. The maximum Gasteiger partial charge on any atom is 0.219 e. The van der Waals surface area contributed by atoms with Crippen molar-refractivity contribution in [2.24, 2.45) is 5.73 Å². The third kappa shape index (κ3) is 13.3. The van der Waals surface area contributed by atoms with Crippen LogP contribution in [0, 0.1) is 0 Å². The van der Waals surface area contributed by atoms with Gasteiger partial charge in [0.15, 0.2) is 0 Å². The van der Waals surface area contributed by atoms with Crippen molar-refractivity contribution < 1.29 is 19.0 Å². The fraction of sp³-hybridized carbons (Fsp3) is 0.900. The van der Waals surface area contributed by atoms with Crippen molar-refractivity contribution >= 4 is 5.91 Å². The van der Waals surface area contributed by atoms with Crippen LogP contribution in [0.2, 0.25) is 0 Å². The van der Waals surface area contributed by atoms with Crippen LogP contribution in [0.25, 0.3) is 0 Å². The number of likely N-dealkylation sites (N-methyl/N-ethyl adjacent to an activating group) is 1. The Hall–Kier alpha value is -0.690. The van der Waals surface area contributed by atoms with Crippen LogP contribution in [-0.4, -0.2) is 59.1 Å². The normalized spacial score (nSPS) is 10.6. The fourth-order valence-electron chi connectivity index (χ4n) is 0.889. The molecule has 0 fully saturated rings. The monoisotopic (exact) mass is 234 g/mol. The molecule has 0 aliphatic rings. The lowest BCUT2D eigenvalue weighted by molar-refractivity contribution is -0.119. The van der Waals surface area contributed by atoms with Crippen molar-refractivity contribution in [3.63, 3.8) is 0 Å². The van der Waals surface area contributed by atoms with Gasteiger partial charge in [0.1, 0.15) is 0 Å². The van der Waals surface area contributed by atoms with E-state index in [4.69, 9.17) is 19.9 Å². The van der Waals surface area contributed by atoms with E-state index in [-0.39, 0.29) is 12.3 Å². The topological polar surface area (TPSA) is 82.8 Å². The number of nitrogens with one attached hydrogen (secondary N) is 1. The highest BCUT2D eigenvalue weighted by molar-refractivity contribution is 5.73. The lowest BCUT2D eigenvalue weighted by atomic mass is 10.4. The van der Waals surface area contributed by atoms with E-state index >= 15 is 0 Å². The van der Waals surface area contributed by atoms with Gasteiger partial charge in [0.05, 0.1) is 39.6 Å². The summed E-state index contributed by atoms with van der Waals surface area (Å²) in [4.78, 5) is 10.3. The van der Waals surface area contributed by atoms with Crippen LogP contribution in [-0.2, 0) is 19.0 Å². The number of carbonyl (C=O) groups is 1. The number of rotatable bonds is 12. The molecule has 6 nitrogen and oxygen atoms in total. The lowest BCUT2D eigenvalue weighted by Crippen LogP contribution is -2.17. The van der Waals surface area contributed by atoms with Crippen LogP contribution in [0.5, 0.6) is 0 Å². The van der Waals surface area contributed by atoms with Gasteiger partial charge in [-0.3, -0.25) is 4.79 Å². The number of primary amides is 1. The fourth-order valence-corrected chi connectivity index (χ4v) is 0.889. The highest BCUT2D eigenvalue weighted by atomic mass is 16.5. The van der Waals surface area contributed by atoms with Crippen molar-refractivity contribution in [3.8, 4) is 0 Å². The molecule has 0 aliphatic carbocycles. The summed E-state index contributed by atoms with van der Waals surface area (Å²) in [5.41, 5.74) is 4.94. The van der Waals surface area contributed by atoms with Crippen LogP contribution in [0.1, 0.15) is 6.42 Å². The molecule has 0 heterocycles. The number of ether oxygens (including phenoxy) is 3. The smallest absolute Gasteiger partial charge is 0.219 e. The number of amides is 1. The number of carbonyl (C=O) groups excluding carboxylic acids is 1. The molecule has 0 aromatic rings. The van der Waals surface area contributed by atoms with Crippen LogP contribution in [0.15, 0.2) is 0 Å². The molecule has 6 heteroatoms. The molecule has 0 saturated carbocycles. The highest BCUT2D eigenvalue weighted by Gasteiger charge is 1.94. The van der Waals surface area contributed by atoms with E-state index in [1.807, 2.05) is 7.05 Å². The number of hydrogen-bond acceptors (Lipinski definition) is 5. The summed E-state index contributed by atoms with van der Waals surface area (Å²) in [5, 5.41) is 2.98. The quantitative estimate of drug-likeness (QED) is 0.429. The minimum atomic E-state index is -0.348. The second-order valence-electron chi connectivity index (χ2n) is 3.16. The van der Waals surface area contributed by atoms with E-state index in [9.17, 15) is 4.79 Å². The number of nitrogens with two attached hydrogens (primary N) is 1. The van der Waals surface area contributed by atoms with Crippen molar-refractivity contribution in [2.75, 3.05) is 53.2 Å². The summed E-state index contributed by atoms with van der Waals surface area (Å²) < 4.78 is 15.6. The molecule has 0 rings (SSSR count). The van der Waals surface area contributed by atoms with Crippen LogP contribution < -0.4 is 11.1 Å². The van der Waals surface area contributed by atoms with E-state index in [1.165, 1.54) is 0 Å². The van der Waals surface area contributed by atoms with E-state index < -0.39 is 0 Å². The molecule has 16 heavy (non-hydrogen) atoms. The summed E-state index contributed by atoms with van der Waals surface area (Å²) in [5.74, 6) is -0.348. The Balaban J connectivity index is 2.90. The van der Waals surface area contributed by atoms with Gasteiger partial charge >= 0.3 is 0 Å². The molecular formula is C10H22N2O4. The largest absolute Gasteiger partial charge is 0.379 e. The van der Waals surface area contributed by atoms with Gasteiger partial charge in [-0.05, 0) is 7.05 Å². The Morgan fingerprint density at radius 2 is 1.50 bits per heavy atom. The standard InChI is InChI=1S/C10H22N2O4/c1-12-3-5-15-7-9-16-8-6-14-4-2-10(11)13/h12H,2-9H2,1H3,(H2,11,13). The molecule has 0 radical (unpaired) electrons. The van der Waals surface area contributed by atoms with Crippen LogP contribution in [0.3, 0.4) is 0 Å². The van der Waals surface area contributed by atoms with Crippen molar-refractivity contribution in [2.45, 2.75) is 6.42 Å². The molecule has 3 N–H and O–H groups in total. The lowest BCUT2D eigenvalue weighted by Gasteiger charge is -2.06. The molecule has 0 aromatic carbocycles. The summed E-state index contributed by atoms with van der Waals surface area (Å²) in [7, 11) is 1.88. The van der Waals surface area contributed by atoms with E-state index in [0.29, 0.717) is 39.6 Å². The van der Waals surface area contributed by atoms with Crippen LogP contribution in [0.4, 0.5) is 0 Å². The predicted octanol–water partition coefficient (Wildman–Crippen LogP) is -0.869. The van der Waals surface area contributed by atoms with Gasteiger partial charge in [-0.2, -0.15) is 0 Å². The van der Waals surface area contributed by atoms with Crippen molar-refractivity contribution in [1.29, 1.82) is 0 Å². The van der Waals surface area contributed by atoms with Crippen molar-refractivity contribution in [1.82, 2.24) is 5.32 Å². The zero-order chi connectivity index (χ0) is 12.1. The van der Waals surface area contributed by atoms with Gasteiger partial charge in [0, 0.05) is 13.0 Å². The van der Waals surface area contributed by atoms with Gasteiger partial charge in [-0.15, -0.1) is 0 Å². The summed E-state index contributed by atoms with van der Waals surface area (Å²) in [6.45, 7) is 4.02. The van der Waals surface area contributed by atoms with Gasteiger partial charge < -0.3 is 25.3 Å². The van der Waals surface area contributed by atoms with Crippen LogP contribution >= 0.6 is 0 Å². The zero-order valence-corrected chi connectivity index (χ0v) is 9.87. The second kappa shape index (κ2) is 12.4. The summed E-state index contributed by atoms with van der Waals surface area (Å²) in [6.07, 6.45) is 0.257. The van der Waals surface area contributed by atoms with E-state index in [2.05, 4.69) is 5.32 Å². The van der Waals surface area contributed by atoms with Gasteiger partial charge in [-0.25, -0.2) is 0 Å². The Bertz CT molecular complexity index is 167. The molecule has 0 unspecified atom stereocenters. The Morgan fingerprint density at radius 1 is 1.00 bits per heavy atom. The SMILES string of the molecule is CNCCOCCOCCOCCC(N)=O. The molecule has 0 aliphatic heterocycles. The summed E-state index contributed by atoms with van der Waals surface area (Å²) in [6, 6.07) is 0. The maximum absolute atomic E-state index is 10.3. The van der Waals surface area contributed by atoms with Gasteiger partial charge in [-0.1, -0.05) is 0 Å². The second-order valence-corrected chi connectivity index (χ2v) is 3.16. The predicted molar refractivity (Wildman–Crippen MR) is 60.2 cm³/mol. The first-order valence-corrected chi connectivity index (χ1v) is 5.43. The van der Waals surface area contributed by atoms with E-state index in [0.717, 1.165) is 6.54 Å². The minimum Gasteiger partial charge on any atom is -0.379 e. The molecule has 0 spiro atoms. The third-order valence-corrected chi connectivity index (χ3v) is 1.73. The summed E-state index contributed by atoms with van der Waals surface area (Å²) >= 11 is 0. The average molecular weight is 234 g/mol. The Morgan fingerprint density at radius 3 is 2.00 bits per heavy atom. The number of hydrogen-bond donors (Lipinski definition) is 2. The minimum absolute atomic E-state index is 0.257. The Kier molecular flexibility index (Phi) is 11.8. The first-order chi connectivity index (χ1) is 7.77. The molecule has 0 atom stereocenters. The molecular weight excluding hydrogens is 212 g/mol. The van der Waals surface area contributed by atoms with E-state index in [1.54, 1.807) is 0 Å².